The van der Waals surface area contributed by atoms with E-state index >= 15 is 0 Å². The minimum atomic E-state index is -0.307. The van der Waals surface area contributed by atoms with E-state index in [1.807, 2.05) is 25.1 Å². The number of ether oxygens (including phenoxy) is 2. The van der Waals surface area contributed by atoms with Gasteiger partial charge in [-0.05, 0) is 49.4 Å². The van der Waals surface area contributed by atoms with Gasteiger partial charge in [0, 0.05) is 24.2 Å². The zero-order valence-corrected chi connectivity index (χ0v) is 17.3. The highest BCUT2D eigenvalue weighted by Crippen LogP contribution is 2.31. The number of aryl methyl sites for hydroxylation is 1. The Kier molecular flexibility index (Phi) is 5.78. The molecule has 2 aromatic carbocycles. The summed E-state index contributed by atoms with van der Waals surface area (Å²) >= 11 is 1.34. The summed E-state index contributed by atoms with van der Waals surface area (Å²) in [6, 6.07) is 15.2. The number of hydrogen-bond donors (Lipinski definition) is 1. The molecule has 154 valence electrons. The maximum absolute atomic E-state index is 13.3. The number of rotatable bonds is 7. The minimum Gasteiger partial charge on any atom is -0.491 e. The standard InChI is InChI=1S/C22H20FN3O3S/c1-14-19-13-20(30-22(19)26(25-14)17-8-6-15(23)7-9-17)21(27)24-16-4-3-5-18(12-16)29-11-10-28-2/h3-9,12-13H,10-11H2,1-2H3,(H,24,27). The molecule has 0 unspecified atom stereocenters. The van der Waals surface area contributed by atoms with Crippen LogP contribution in [0.5, 0.6) is 5.75 Å². The first-order valence-corrected chi connectivity index (χ1v) is 10.1. The van der Waals surface area contributed by atoms with Crippen molar-refractivity contribution < 1.29 is 18.7 Å². The molecule has 0 saturated carbocycles. The van der Waals surface area contributed by atoms with E-state index in [2.05, 4.69) is 10.4 Å². The molecule has 0 spiro atoms. The Morgan fingerprint density at radius 1 is 1.17 bits per heavy atom. The van der Waals surface area contributed by atoms with Crippen molar-refractivity contribution in [2.45, 2.75) is 6.92 Å². The van der Waals surface area contributed by atoms with Crippen LogP contribution in [-0.4, -0.2) is 36.0 Å². The zero-order valence-electron chi connectivity index (χ0n) is 16.5. The molecule has 0 atom stereocenters. The molecule has 30 heavy (non-hydrogen) atoms. The zero-order chi connectivity index (χ0) is 21.1. The lowest BCUT2D eigenvalue weighted by atomic mass is 10.2. The van der Waals surface area contributed by atoms with E-state index in [-0.39, 0.29) is 11.7 Å². The van der Waals surface area contributed by atoms with Gasteiger partial charge in [0.25, 0.3) is 5.91 Å². The third kappa shape index (κ3) is 4.19. The number of methoxy groups -OCH3 is 1. The van der Waals surface area contributed by atoms with Crippen LogP contribution in [0.3, 0.4) is 0 Å². The Labute approximate surface area is 176 Å². The number of nitrogens with one attached hydrogen (secondary N) is 1. The fourth-order valence-electron chi connectivity index (χ4n) is 3.02. The molecule has 2 heterocycles. The van der Waals surface area contributed by atoms with E-state index in [9.17, 15) is 9.18 Å². The van der Waals surface area contributed by atoms with Gasteiger partial charge in [-0.2, -0.15) is 5.10 Å². The highest BCUT2D eigenvalue weighted by molar-refractivity contribution is 7.20. The first kappa shape index (κ1) is 20.1. The number of carbonyl (C=O) groups is 1. The SMILES string of the molecule is COCCOc1cccc(NC(=O)c2cc3c(C)nn(-c4ccc(F)cc4)c3s2)c1. The molecule has 0 aliphatic heterocycles. The second kappa shape index (κ2) is 8.64. The van der Waals surface area contributed by atoms with Crippen molar-refractivity contribution in [3.63, 3.8) is 0 Å². The van der Waals surface area contributed by atoms with Crippen molar-refractivity contribution >= 4 is 33.1 Å². The second-order valence-corrected chi connectivity index (χ2v) is 7.66. The smallest absolute Gasteiger partial charge is 0.265 e. The number of amides is 1. The minimum absolute atomic E-state index is 0.213. The number of anilines is 1. The molecular formula is C22H20FN3O3S. The van der Waals surface area contributed by atoms with E-state index in [0.717, 1.165) is 21.6 Å². The summed E-state index contributed by atoms with van der Waals surface area (Å²) in [6.45, 7) is 2.81. The maximum atomic E-state index is 13.3. The quantitative estimate of drug-likeness (QED) is 0.432. The Morgan fingerprint density at radius 3 is 2.73 bits per heavy atom. The Bertz CT molecular complexity index is 1180. The lowest BCUT2D eigenvalue weighted by Gasteiger charge is -2.08. The fraction of sp³-hybridized carbons (Fsp3) is 0.182. The van der Waals surface area contributed by atoms with E-state index in [4.69, 9.17) is 9.47 Å². The molecule has 0 aliphatic rings. The molecule has 2 aromatic heterocycles. The Morgan fingerprint density at radius 2 is 1.97 bits per heavy atom. The summed E-state index contributed by atoms with van der Waals surface area (Å²) in [7, 11) is 1.61. The molecule has 4 rings (SSSR count). The van der Waals surface area contributed by atoms with Crippen LogP contribution in [0.4, 0.5) is 10.1 Å². The van der Waals surface area contributed by atoms with Crippen molar-refractivity contribution in [2.75, 3.05) is 25.6 Å². The third-order valence-electron chi connectivity index (χ3n) is 4.49. The number of halogens is 1. The maximum Gasteiger partial charge on any atom is 0.265 e. The first-order valence-electron chi connectivity index (χ1n) is 9.33. The Balaban J connectivity index is 1.56. The molecule has 8 heteroatoms. The van der Waals surface area contributed by atoms with Gasteiger partial charge in [0.15, 0.2) is 0 Å². The van der Waals surface area contributed by atoms with Crippen LogP contribution in [0.25, 0.3) is 15.9 Å². The third-order valence-corrected chi connectivity index (χ3v) is 5.60. The molecule has 0 aliphatic carbocycles. The monoisotopic (exact) mass is 425 g/mol. The summed E-state index contributed by atoms with van der Waals surface area (Å²) in [4.78, 5) is 14.2. The van der Waals surface area contributed by atoms with Gasteiger partial charge < -0.3 is 14.8 Å². The van der Waals surface area contributed by atoms with Crippen LogP contribution in [-0.2, 0) is 4.74 Å². The van der Waals surface area contributed by atoms with Gasteiger partial charge in [0.2, 0.25) is 0 Å². The average molecular weight is 425 g/mol. The summed E-state index contributed by atoms with van der Waals surface area (Å²) in [5, 5.41) is 8.33. The number of carbonyl (C=O) groups excluding carboxylic acids is 1. The van der Waals surface area contributed by atoms with Crippen molar-refractivity contribution in [3.8, 4) is 11.4 Å². The normalized spacial score (nSPS) is 11.0. The summed E-state index contributed by atoms with van der Waals surface area (Å²) < 4.78 is 25.6. The van der Waals surface area contributed by atoms with Crippen molar-refractivity contribution in [3.05, 3.63) is 71.0 Å². The van der Waals surface area contributed by atoms with Gasteiger partial charge in [-0.1, -0.05) is 6.07 Å². The molecule has 1 N–H and O–H groups in total. The number of fused-ring (bicyclic) bond motifs is 1. The van der Waals surface area contributed by atoms with Gasteiger partial charge in [0.05, 0.1) is 22.9 Å². The number of thiophene rings is 1. The topological polar surface area (TPSA) is 65.4 Å². The summed E-state index contributed by atoms with van der Waals surface area (Å²) in [5.41, 5.74) is 2.19. The molecule has 0 fully saturated rings. The number of benzene rings is 2. The van der Waals surface area contributed by atoms with Crippen LogP contribution >= 0.6 is 11.3 Å². The van der Waals surface area contributed by atoms with Crippen LogP contribution in [0.15, 0.2) is 54.6 Å². The highest BCUT2D eigenvalue weighted by Gasteiger charge is 2.17. The highest BCUT2D eigenvalue weighted by atomic mass is 32.1. The van der Waals surface area contributed by atoms with Crippen molar-refractivity contribution in [1.29, 1.82) is 0 Å². The number of nitrogens with zero attached hydrogens (tertiary/aromatic N) is 2. The van der Waals surface area contributed by atoms with Crippen LogP contribution in [0.2, 0.25) is 0 Å². The van der Waals surface area contributed by atoms with E-state index in [1.165, 1.54) is 23.5 Å². The van der Waals surface area contributed by atoms with Crippen LogP contribution < -0.4 is 10.1 Å². The summed E-state index contributed by atoms with van der Waals surface area (Å²) in [5.74, 6) is 0.137. The number of aromatic nitrogens is 2. The molecule has 1 amide bonds. The Hall–Kier alpha value is -3.23. The van der Waals surface area contributed by atoms with E-state index in [1.54, 1.807) is 36.1 Å². The first-order chi connectivity index (χ1) is 14.5. The molecule has 0 radical (unpaired) electrons. The lowest BCUT2D eigenvalue weighted by molar-refractivity contribution is 0.103. The van der Waals surface area contributed by atoms with E-state index in [0.29, 0.717) is 29.5 Å². The molecule has 4 aromatic rings. The van der Waals surface area contributed by atoms with Gasteiger partial charge in [0.1, 0.15) is 23.0 Å². The van der Waals surface area contributed by atoms with Gasteiger partial charge >= 0.3 is 0 Å². The van der Waals surface area contributed by atoms with Gasteiger partial charge in [-0.15, -0.1) is 11.3 Å². The predicted molar refractivity (Wildman–Crippen MR) is 115 cm³/mol. The van der Waals surface area contributed by atoms with Crippen LogP contribution in [0, 0.1) is 12.7 Å². The fourth-order valence-corrected chi connectivity index (χ4v) is 4.09. The molecule has 0 bridgehead atoms. The molecule has 6 nitrogen and oxygen atoms in total. The van der Waals surface area contributed by atoms with Crippen molar-refractivity contribution in [2.24, 2.45) is 0 Å². The van der Waals surface area contributed by atoms with Gasteiger partial charge in [-0.25, -0.2) is 9.07 Å². The summed E-state index contributed by atoms with van der Waals surface area (Å²) in [6.07, 6.45) is 0. The van der Waals surface area contributed by atoms with Crippen molar-refractivity contribution in [1.82, 2.24) is 9.78 Å². The molecule has 0 saturated heterocycles. The average Bonchev–Trinajstić information content (AvgIpc) is 3.30. The lowest BCUT2D eigenvalue weighted by Crippen LogP contribution is -2.10. The largest absolute Gasteiger partial charge is 0.491 e. The number of hydrogen-bond acceptors (Lipinski definition) is 5. The van der Waals surface area contributed by atoms with Gasteiger partial charge in [-0.3, -0.25) is 4.79 Å². The molecular weight excluding hydrogens is 405 g/mol. The second-order valence-electron chi connectivity index (χ2n) is 6.63. The van der Waals surface area contributed by atoms with Crippen LogP contribution in [0.1, 0.15) is 15.4 Å². The van der Waals surface area contributed by atoms with E-state index < -0.39 is 0 Å². The predicted octanol–water partition coefficient (Wildman–Crippen LogP) is 4.81.